The van der Waals surface area contributed by atoms with Gasteiger partial charge in [-0.05, 0) is 37.0 Å². The van der Waals surface area contributed by atoms with Crippen molar-refractivity contribution in [3.05, 3.63) is 24.3 Å². The van der Waals surface area contributed by atoms with Crippen LogP contribution in [0.5, 0.6) is 0 Å². The van der Waals surface area contributed by atoms with Gasteiger partial charge in [-0.3, -0.25) is 9.78 Å². The molecule has 0 amide bonds. The van der Waals surface area contributed by atoms with E-state index in [0.29, 0.717) is 11.1 Å². The summed E-state index contributed by atoms with van der Waals surface area (Å²) >= 11 is 0. The van der Waals surface area contributed by atoms with Crippen molar-refractivity contribution in [1.29, 1.82) is 0 Å². The summed E-state index contributed by atoms with van der Waals surface area (Å²) < 4.78 is 0. The molecule has 1 aromatic rings. The lowest BCUT2D eigenvalue weighted by atomic mass is 9.69. The minimum Gasteiger partial charge on any atom is -0.292 e. The standard InChI is InChI=1S/C15H22N2O/c1-15(2,3)12-6-4-11(5-7-12)14(18)13-10-16-8-9-17-13/h8-12H,4-7H2,1-3H3. The van der Waals surface area contributed by atoms with Gasteiger partial charge in [0.25, 0.3) is 0 Å². The summed E-state index contributed by atoms with van der Waals surface area (Å²) in [5.74, 6) is 1.07. The quantitative estimate of drug-likeness (QED) is 0.750. The summed E-state index contributed by atoms with van der Waals surface area (Å²) in [6, 6.07) is 0. The average molecular weight is 246 g/mol. The van der Waals surface area contributed by atoms with Crippen LogP contribution in [-0.2, 0) is 0 Å². The minimum atomic E-state index is 0.153. The highest BCUT2D eigenvalue weighted by Gasteiger charge is 2.32. The number of aromatic nitrogens is 2. The van der Waals surface area contributed by atoms with Crippen LogP contribution in [0.2, 0.25) is 0 Å². The Labute approximate surface area is 109 Å². The molecule has 0 aromatic carbocycles. The number of carbonyl (C=O) groups is 1. The molecule has 2 rings (SSSR count). The van der Waals surface area contributed by atoms with Gasteiger partial charge in [0.2, 0.25) is 0 Å². The Morgan fingerprint density at radius 3 is 2.33 bits per heavy atom. The van der Waals surface area contributed by atoms with Crippen molar-refractivity contribution in [3.63, 3.8) is 0 Å². The molecule has 1 heterocycles. The monoisotopic (exact) mass is 246 g/mol. The molecule has 0 radical (unpaired) electrons. The normalized spacial score (nSPS) is 24.8. The summed E-state index contributed by atoms with van der Waals surface area (Å²) in [6.45, 7) is 6.88. The molecular formula is C15H22N2O. The zero-order valence-corrected chi connectivity index (χ0v) is 11.5. The number of ketones is 1. The van der Waals surface area contributed by atoms with Crippen molar-refractivity contribution in [3.8, 4) is 0 Å². The fraction of sp³-hybridized carbons (Fsp3) is 0.667. The van der Waals surface area contributed by atoms with Crippen LogP contribution in [0.1, 0.15) is 56.9 Å². The lowest BCUT2D eigenvalue weighted by molar-refractivity contribution is 0.0814. The van der Waals surface area contributed by atoms with E-state index in [4.69, 9.17) is 0 Å². The van der Waals surface area contributed by atoms with Gasteiger partial charge in [-0.1, -0.05) is 20.8 Å². The van der Waals surface area contributed by atoms with Gasteiger partial charge < -0.3 is 0 Å². The first-order valence-corrected chi connectivity index (χ1v) is 6.78. The first-order chi connectivity index (χ1) is 8.48. The molecule has 1 saturated carbocycles. The van der Waals surface area contributed by atoms with Crippen LogP contribution >= 0.6 is 0 Å². The van der Waals surface area contributed by atoms with Gasteiger partial charge in [0.15, 0.2) is 5.78 Å². The summed E-state index contributed by atoms with van der Waals surface area (Å²) in [4.78, 5) is 20.3. The number of carbonyl (C=O) groups excluding carboxylic acids is 1. The zero-order valence-electron chi connectivity index (χ0n) is 11.5. The molecule has 3 heteroatoms. The number of rotatable bonds is 2. The smallest absolute Gasteiger partial charge is 0.185 e. The number of hydrogen-bond acceptors (Lipinski definition) is 3. The summed E-state index contributed by atoms with van der Waals surface area (Å²) in [6.07, 6.45) is 9.08. The van der Waals surface area contributed by atoms with Crippen LogP contribution in [0.15, 0.2) is 18.6 Å². The predicted molar refractivity (Wildman–Crippen MR) is 71.3 cm³/mol. The highest BCUT2D eigenvalue weighted by Crippen LogP contribution is 2.40. The van der Waals surface area contributed by atoms with Crippen molar-refractivity contribution >= 4 is 5.78 Å². The third-order valence-electron chi connectivity index (χ3n) is 4.14. The first kappa shape index (κ1) is 13.2. The minimum absolute atomic E-state index is 0.153. The molecule has 0 aliphatic heterocycles. The SMILES string of the molecule is CC(C)(C)C1CCC(C(=O)c2cnccn2)CC1. The van der Waals surface area contributed by atoms with E-state index in [9.17, 15) is 4.79 Å². The van der Waals surface area contributed by atoms with E-state index < -0.39 is 0 Å². The zero-order chi connectivity index (χ0) is 13.2. The van der Waals surface area contributed by atoms with Crippen molar-refractivity contribution < 1.29 is 4.79 Å². The van der Waals surface area contributed by atoms with Crippen LogP contribution in [0.4, 0.5) is 0 Å². The topological polar surface area (TPSA) is 42.9 Å². The van der Waals surface area contributed by atoms with Gasteiger partial charge in [0, 0.05) is 18.3 Å². The summed E-state index contributed by atoms with van der Waals surface area (Å²) in [7, 11) is 0. The van der Waals surface area contributed by atoms with Crippen LogP contribution in [0.3, 0.4) is 0 Å². The molecule has 3 nitrogen and oxygen atoms in total. The molecular weight excluding hydrogens is 224 g/mol. The summed E-state index contributed by atoms with van der Waals surface area (Å²) in [5.41, 5.74) is 0.886. The third kappa shape index (κ3) is 2.95. The molecule has 0 atom stereocenters. The van der Waals surface area contributed by atoms with E-state index in [1.165, 1.54) is 0 Å². The largest absolute Gasteiger partial charge is 0.292 e. The Bertz CT molecular complexity index is 400. The molecule has 0 N–H and O–H groups in total. The molecule has 1 aromatic heterocycles. The molecule has 0 unspecified atom stereocenters. The maximum Gasteiger partial charge on any atom is 0.185 e. The van der Waals surface area contributed by atoms with Crippen molar-refractivity contribution in [1.82, 2.24) is 9.97 Å². The lowest BCUT2D eigenvalue weighted by Crippen LogP contribution is -2.29. The van der Waals surface area contributed by atoms with Crippen molar-refractivity contribution in [2.45, 2.75) is 46.5 Å². The Balaban J connectivity index is 1.96. The highest BCUT2D eigenvalue weighted by atomic mass is 16.1. The van der Waals surface area contributed by atoms with Crippen molar-refractivity contribution in [2.24, 2.45) is 17.3 Å². The van der Waals surface area contributed by atoms with Gasteiger partial charge >= 0.3 is 0 Å². The second-order valence-corrected chi connectivity index (χ2v) is 6.37. The molecule has 1 aliphatic rings. The molecule has 98 valence electrons. The summed E-state index contributed by atoms with van der Waals surface area (Å²) in [5, 5.41) is 0. The van der Waals surface area contributed by atoms with E-state index >= 15 is 0 Å². The molecule has 1 fully saturated rings. The van der Waals surface area contributed by atoms with E-state index in [1.54, 1.807) is 18.6 Å². The predicted octanol–water partition coefficient (Wildman–Crippen LogP) is 3.51. The molecule has 0 bridgehead atoms. The molecule has 0 spiro atoms. The average Bonchev–Trinajstić information content (AvgIpc) is 2.38. The van der Waals surface area contributed by atoms with E-state index in [2.05, 4.69) is 30.7 Å². The van der Waals surface area contributed by atoms with Gasteiger partial charge in [-0.2, -0.15) is 0 Å². The van der Waals surface area contributed by atoms with Gasteiger partial charge in [0.1, 0.15) is 5.69 Å². The fourth-order valence-corrected chi connectivity index (χ4v) is 2.86. The Kier molecular flexibility index (Phi) is 3.79. The van der Waals surface area contributed by atoms with Crippen molar-refractivity contribution in [2.75, 3.05) is 0 Å². The third-order valence-corrected chi connectivity index (χ3v) is 4.14. The lowest BCUT2D eigenvalue weighted by Gasteiger charge is -2.36. The van der Waals surface area contributed by atoms with Gasteiger partial charge in [-0.25, -0.2) is 4.98 Å². The number of Topliss-reactive ketones (excluding diaryl/α,β-unsaturated/α-hetero) is 1. The Hall–Kier alpha value is -1.25. The van der Waals surface area contributed by atoms with Crippen LogP contribution in [-0.4, -0.2) is 15.8 Å². The van der Waals surface area contributed by atoms with E-state index in [-0.39, 0.29) is 11.7 Å². The Morgan fingerprint density at radius 2 is 1.83 bits per heavy atom. The van der Waals surface area contributed by atoms with Crippen LogP contribution in [0.25, 0.3) is 0 Å². The van der Waals surface area contributed by atoms with E-state index in [1.807, 2.05) is 0 Å². The maximum absolute atomic E-state index is 12.3. The maximum atomic E-state index is 12.3. The molecule has 1 aliphatic carbocycles. The van der Waals surface area contributed by atoms with E-state index in [0.717, 1.165) is 31.6 Å². The van der Waals surface area contributed by atoms with Crippen LogP contribution in [0, 0.1) is 17.3 Å². The Morgan fingerprint density at radius 1 is 1.17 bits per heavy atom. The number of hydrogen-bond donors (Lipinski definition) is 0. The number of nitrogens with zero attached hydrogens (tertiary/aromatic N) is 2. The van der Waals surface area contributed by atoms with Gasteiger partial charge in [-0.15, -0.1) is 0 Å². The first-order valence-electron chi connectivity index (χ1n) is 6.78. The molecule has 0 saturated heterocycles. The second-order valence-electron chi connectivity index (χ2n) is 6.37. The second kappa shape index (κ2) is 5.17. The van der Waals surface area contributed by atoms with Crippen LogP contribution < -0.4 is 0 Å². The molecule has 18 heavy (non-hydrogen) atoms. The highest BCUT2D eigenvalue weighted by molar-refractivity contribution is 5.95. The van der Waals surface area contributed by atoms with Gasteiger partial charge in [0.05, 0.1) is 6.20 Å². The fourth-order valence-electron chi connectivity index (χ4n) is 2.86.